The summed E-state index contributed by atoms with van der Waals surface area (Å²) >= 11 is 0. The molecule has 13 heavy (non-hydrogen) atoms. The highest BCUT2D eigenvalue weighted by atomic mass is 16.2. The van der Waals surface area contributed by atoms with Crippen molar-refractivity contribution in [2.75, 3.05) is 6.61 Å². The Hall–Kier alpha value is -1.00. The van der Waals surface area contributed by atoms with Crippen LogP contribution in [0.15, 0.2) is 18.7 Å². The van der Waals surface area contributed by atoms with Gasteiger partial charge >= 0.3 is 0 Å². The minimum absolute atomic E-state index is 0.00671. The summed E-state index contributed by atoms with van der Waals surface area (Å²) in [4.78, 5) is 7.79. The van der Waals surface area contributed by atoms with Crippen LogP contribution in [-0.2, 0) is 0 Å². The molecule has 0 bridgehead atoms. The second kappa shape index (κ2) is 5.61. The lowest BCUT2D eigenvalue weighted by molar-refractivity contribution is 0.281. The molecule has 0 aliphatic heterocycles. The first-order valence-corrected chi connectivity index (χ1v) is 4.46. The third-order valence-electron chi connectivity index (χ3n) is 1.93. The number of hydrogen-bond acceptors (Lipinski definition) is 4. The average molecular weight is 181 g/mol. The van der Waals surface area contributed by atoms with Gasteiger partial charge in [-0.2, -0.15) is 0 Å². The molecule has 0 fully saturated rings. The predicted molar refractivity (Wildman–Crippen MR) is 49.9 cm³/mol. The Morgan fingerprint density at radius 2 is 2.00 bits per heavy atom. The Balaban J connectivity index is 2.35. The number of nitrogens with zero attached hydrogens (tertiary/aromatic N) is 2. The molecule has 1 heterocycles. The first-order valence-electron chi connectivity index (χ1n) is 4.46. The standard InChI is InChI=1S/C9H15N3O/c10-9(3-1-2-4-13)8-5-11-7-12-6-8/h5-7,9,13H,1-4,10H2/t9-/m1/s1. The van der Waals surface area contributed by atoms with Crippen LogP contribution < -0.4 is 5.73 Å². The smallest absolute Gasteiger partial charge is 0.115 e. The number of aliphatic hydroxyl groups excluding tert-OH is 1. The van der Waals surface area contributed by atoms with Crippen molar-refractivity contribution in [2.24, 2.45) is 5.73 Å². The lowest BCUT2D eigenvalue weighted by Crippen LogP contribution is -2.10. The minimum atomic E-state index is -0.00671. The molecule has 3 N–H and O–H groups in total. The number of hydrogen-bond donors (Lipinski definition) is 2. The Morgan fingerprint density at radius 1 is 1.31 bits per heavy atom. The van der Waals surface area contributed by atoms with Gasteiger partial charge in [0.15, 0.2) is 0 Å². The maximum atomic E-state index is 8.58. The Labute approximate surface area is 77.8 Å². The molecule has 1 atom stereocenters. The van der Waals surface area contributed by atoms with Crippen LogP contribution in [0.1, 0.15) is 30.9 Å². The van der Waals surface area contributed by atoms with Gasteiger partial charge in [-0.05, 0) is 19.3 Å². The summed E-state index contributed by atoms with van der Waals surface area (Å²) in [6.07, 6.45) is 7.57. The van der Waals surface area contributed by atoms with Gasteiger partial charge in [-0.3, -0.25) is 0 Å². The van der Waals surface area contributed by atoms with Crippen LogP contribution in [0.3, 0.4) is 0 Å². The topological polar surface area (TPSA) is 72.0 Å². The molecule has 0 aliphatic carbocycles. The van der Waals surface area contributed by atoms with Gasteiger partial charge in [-0.1, -0.05) is 0 Å². The van der Waals surface area contributed by atoms with E-state index in [0.717, 1.165) is 24.8 Å². The summed E-state index contributed by atoms with van der Waals surface area (Å²) in [6, 6.07) is -0.00671. The zero-order chi connectivity index (χ0) is 9.52. The monoisotopic (exact) mass is 181 g/mol. The molecule has 1 aromatic rings. The summed E-state index contributed by atoms with van der Waals surface area (Å²) in [5.41, 5.74) is 6.83. The van der Waals surface area contributed by atoms with Crippen molar-refractivity contribution in [3.63, 3.8) is 0 Å². The van der Waals surface area contributed by atoms with E-state index < -0.39 is 0 Å². The van der Waals surface area contributed by atoms with Crippen molar-refractivity contribution in [3.8, 4) is 0 Å². The molecule has 4 nitrogen and oxygen atoms in total. The van der Waals surface area contributed by atoms with Gasteiger partial charge in [0.05, 0.1) is 0 Å². The van der Waals surface area contributed by atoms with Crippen molar-refractivity contribution in [1.82, 2.24) is 9.97 Å². The highest BCUT2D eigenvalue weighted by Gasteiger charge is 2.04. The van der Waals surface area contributed by atoms with E-state index in [1.807, 2.05) is 0 Å². The molecule has 0 aromatic carbocycles. The molecule has 1 aromatic heterocycles. The number of nitrogens with two attached hydrogens (primary N) is 1. The fraction of sp³-hybridized carbons (Fsp3) is 0.556. The Kier molecular flexibility index (Phi) is 4.35. The Bertz CT molecular complexity index is 228. The second-order valence-corrected chi connectivity index (χ2v) is 3.00. The molecule has 0 saturated carbocycles. The molecular formula is C9H15N3O. The molecule has 0 spiro atoms. The normalized spacial score (nSPS) is 12.8. The molecule has 72 valence electrons. The van der Waals surface area contributed by atoms with Crippen LogP contribution in [0.4, 0.5) is 0 Å². The van der Waals surface area contributed by atoms with E-state index in [1.54, 1.807) is 12.4 Å². The van der Waals surface area contributed by atoms with Crippen molar-refractivity contribution < 1.29 is 5.11 Å². The van der Waals surface area contributed by atoms with Crippen molar-refractivity contribution in [3.05, 3.63) is 24.3 Å². The van der Waals surface area contributed by atoms with E-state index in [9.17, 15) is 0 Å². The minimum Gasteiger partial charge on any atom is -0.396 e. The van der Waals surface area contributed by atoms with Crippen LogP contribution in [0.2, 0.25) is 0 Å². The van der Waals surface area contributed by atoms with E-state index in [0.29, 0.717) is 0 Å². The van der Waals surface area contributed by atoms with Crippen LogP contribution in [-0.4, -0.2) is 21.7 Å². The molecule has 0 unspecified atom stereocenters. The largest absolute Gasteiger partial charge is 0.396 e. The molecule has 0 saturated heterocycles. The summed E-state index contributed by atoms with van der Waals surface area (Å²) < 4.78 is 0. The maximum absolute atomic E-state index is 8.58. The Morgan fingerprint density at radius 3 is 2.62 bits per heavy atom. The lowest BCUT2D eigenvalue weighted by atomic mass is 10.1. The lowest BCUT2D eigenvalue weighted by Gasteiger charge is -2.09. The van der Waals surface area contributed by atoms with Crippen LogP contribution in [0, 0.1) is 0 Å². The van der Waals surface area contributed by atoms with Gasteiger partial charge in [-0.15, -0.1) is 0 Å². The van der Waals surface area contributed by atoms with Gasteiger partial charge in [0.2, 0.25) is 0 Å². The van der Waals surface area contributed by atoms with Gasteiger partial charge < -0.3 is 10.8 Å². The number of rotatable bonds is 5. The highest BCUT2D eigenvalue weighted by Crippen LogP contribution is 2.13. The first-order chi connectivity index (χ1) is 6.34. The summed E-state index contributed by atoms with van der Waals surface area (Å²) in [5.74, 6) is 0. The van der Waals surface area contributed by atoms with Crippen LogP contribution in [0.25, 0.3) is 0 Å². The van der Waals surface area contributed by atoms with Gasteiger partial charge in [-0.25, -0.2) is 9.97 Å². The van der Waals surface area contributed by atoms with Crippen molar-refractivity contribution in [1.29, 1.82) is 0 Å². The SMILES string of the molecule is N[C@H](CCCCO)c1cncnc1. The molecule has 0 amide bonds. The van der Waals surface area contributed by atoms with Crippen LogP contribution in [0.5, 0.6) is 0 Å². The van der Waals surface area contributed by atoms with E-state index in [-0.39, 0.29) is 12.6 Å². The van der Waals surface area contributed by atoms with E-state index >= 15 is 0 Å². The molecular weight excluding hydrogens is 166 g/mol. The van der Waals surface area contributed by atoms with Gasteiger partial charge in [0.25, 0.3) is 0 Å². The molecule has 1 rings (SSSR count). The van der Waals surface area contributed by atoms with Gasteiger partial charge in [0.1, 0.15) is 6.33 Å². The second-order valence-electron chi connectivity index (χ2n) is 3.00. The predicted octanol–water partition coefficient (Wildman–Crippen LogP) is 0.639. The maximum Gasteiger partial charge on any atom is 0.115 e. The van der Waals surface area contributed by atoms with Crippen LogP contribution >= 0.6 is 0 Å². The fourth-order valence-electron chi connectivity index (χ4n) is 1.14. The van der Waals surface area contributed by atoms with E-state index in [4.69, 9.17) is 10.8 Å². The molecule has 4 heteroatoms. The summed E-state index contributed by atoms with van der Waals surface area (Å²) in [5, 5.41) is 8.58. The fourth-order valence-corrected chi connectivity index (χ4v) is 1.14. The van der Waals surface area contributed by atoms with Crippen molar-refractivity contribution in [2.45, 2.75) is 25.3 Å². The van der Waals surface area contributed by atoms with Gasteiger partial charge in [0, 0.05) is 30.6 Å². The average Bonchev–Trinajstić information content (AvgIpc) is 2.19. The first kappa shape index (κ1) is 10.1. The highest BCUT2D eigenvalue weighted by molar-refractivity contribution is 5.07. The number of aromatic nitrogens is 2. The third-order valence-corrected chi connectivity index (χ3v) is 1.93. The number of aliphatic hydroxyl groups is 1. The zero-order valence-corrected chi connectivity index (χ0v) is 7.56. The number of unbranched alkanes of at least 4 members (excludes halogenated alkanes) is 1. The van der Waals surface area contributed by atoms with E-state index in [1.165, 1.54) is 6.33 Å². The third kappa shape index (κ3) is 3.48. The molecule has 0 radical (unpaired) electrons. The molecule has 0 aliphatic rings. The van der Waals surface area contributed by atoms with E-state index in [2.05, 4.69) is 9.97 Å². The zero-order valence-electron chi connectivity index (χ0n) is 7.56. The summed E-state index contributed by atoms with van der Waals surface area (Å²) in [7, 11) is 0. The quantitative estimate of drug-likeness (QED) is 0.654. The van der Waals surface area contributed by atoms with Crippen molar-refractivity contribution >= 4 is 0 Å². The summed E-state index contributed by atoms with van der Waals surface area (Å²) in [6.45, 7) is 0.234.